The lowest BCUT2D eigenvalue weighted by Gasteiger charge is -2.37. The lowest BCUT2D eigenvalue weighted by atomic mass is 9.69. The highest BCUT2D eigenvalue weighted by Crippen LogP contribution is 2.48. The van der Waals surface area contributed by atoms with E-state index >= 15 is 0 Å². The van der Waals surface area contributed by atoms with Crippen LogP contribution in [0.5, 0.6) is 17.2 Å². The van der Waals surface area contributed by atoms with Gasteiger partial charge in [-0.15, -0.1) is 0 Å². The van der Waals surface area contributed by atoms with Crippen LogP contribution in [0, 0.1) is 30.6 Å². The summed E-state index contributed by atoms with van der Waals surface area (Å²) in [4.78, 5) is 13.3. The molecule has 1 heterocycles. The predicted octanol–water partition coefficient (Wildman–Crippen LogP) is 5.35. The lowest BCUT2D eigenvalue weighted by molar-refractivity contribution is -0.119. The number of para-hydroxylation sites is 1. The molecule has 4 rings (SSSR count). The molecule has 0 amide bonds. The molecule has 36 heavy (non-hydrogen) atoms. The average molecular weight is 489 g/mol. The van der Waals surface area contributed by atoms with Gasteiger partial charge < -0.3 is 24.7 Å². The number of hydrogen-bond acceptors (Lipinski definition) is 7. The fourth-order valence-electron chi connectivity index (χ4n) is 5.09. The maximum Gasteiger partial charge on any atom is 0.205 e. The average Bonchev–Trinajstić information content (AvgIpc) is 2.81. The fraction of sp³-hybridized carbons (Fsp3) is 0.379. The molecule has 2 aromatic carbocycles. The Kier molecular flexibility index (Phi) is 6.73. The van der Waals surface area contributed by atoms with Gasteiger partial charge in [0.1, 0.15) is 24.0 Å². The molecule has 0 aromatic heterocycles. The number of benzene rings is 2. The minimum absolute atomic E-state index is 0.0111. The van der Waals surface area contributed by atoms with Gasteiger partial charge in [0.05, 0.1) is 20.1 Å². The molecule has 2 aliphatic rings. The van der Waals surface area contributed by atoms with E-state index in [0.29, 0.717) is 41.4 Å². The summed E-state index contributed by atoms with van der Waals surface area (Å²) in [6.45, 7) is 8.30. The number of nitrogens with two attached hydrogens (primary N) is 1. The van der Waals surface area contributed by atoms with E-state index in [1.165, 1.54) is 0 Å². The van der Waals surface area contributed by atoms with Gasteiger partial charge >= 0.3 is 0 Å². The van der Waals surface area contributed by atoms with Gasteiger partial charge in [0, 0.05) is 18.4 Å². The first-order chi connectivity index (χ1) is 17.1. The molecule has 188 valence electrons. The van der Waals surface area contributed by atoms with Crippen LogP contribution in [0.3, 0.4) is 0 Å². The Balaban J connectivity index is 1.78. The number of nitrogens with zero attached hydrogens (tertiary/aromatic N) is 1. The van der Waals surface area contributed by atoms with Gasteiger partial charge in [0.15, 0.2) is 17.3 Å². The highest BCUT2D eigenvalue weighted by Gasteiger charge is 2.43. The van der Waals surface area contributed by atoms with Crippen molar-refractivity contribution in [2.45, 2.75) is 53.1 Å². The molecule has 2 aromatic rings. The normalized spacial score (nSPS) is 18.8. The largest absolute Gasteiger partial charge is 0.493 e. The third kappa shape index (κ3) is 4.51. The Bertz CT molecular complexity index is 1310. The molecule has 1 aliphatic heterocycles. The molecular weight excluding hydrogens is 456 g/mol. The van der Waals surface area contributed by atoms with Crippen LogP contribution in [-0.2, 0) is 16.1 Å². The quantitative estimate of drug-likeness (QED) is 0.584. The molecule has 0 bridgehead atoms. The van der Waals surface area contributed by atoms with Gasteiger partial charge in [-0.25, -0.2) is 0 Å². The van der Waals surface area contributed by atoms with Gasteiger partial charge in [-0.3, -0.25) is 4.79 Å². The van der Waals surface area contributed by atoms with Crippen LogP contribution >= 0.6 is 0 Å². The summed E-state index contributed by atoms with van der Waals surface area (Å²) in [6.07, 6.45) is 0.969. The monoisotopic (exact) mass is 488 g/mol. The maximum absolute atomic E-state index is 13.3. The van der Waals surface area contributed by atoms with E-state index < -0.39 is 5.92 Å². The number of ketones is 1. The van der Waals surface area contributed by atoms with Gasteiger partial charge in [-0.1, -0.05) is 32.0 Å². The predicted molar refractivity (Wildman–Crippen MR) is 135 cm³/mol. The van der Waals surface area contributed by atoms with E-state index in [9.17, 15) is 10.1 Å². The molecule has 0 unspecified atom stereocenters. The molecular formula is C29H32N2O5. The van der Waals surface area contributed by atoms with Crippen molar-refractivity contribution < 1.29 is 23.7 Å². The number of nitriles is 1. The number of Topliss-reactive ketones (excluding diaryl/α,β-unsaturated/α-hetero) is 1. The van der Waals surface area contributed by atoms with Crippen molar-refractivity contribution in [3.8, 4) is 23.3 Å². The minimum Gasteiger partial charge on any atom is -0.493 e. The molecule has 0 spiro atoms. The summed E-state index contributed by atoms with van der Waals surface area (Å²) < 4.78 is 22.9. The number of methoxy groups -OCH3 is 2. The Morgan fingerprint density at radius 3 is 2.39 bits per heavy atom. The van der Waals surface area contributed by atoms with Gasteiger partial charge in [-0.2, -0.15) is 5.26 Å². The first kappa shape index (κ1) is 25.2. The van der Waals surface area contributed by atoms with Crippen molar-refractivity contribution >= 4 is 5.78 Å². The zero-order valence-corrected chi connectivity index (χ0v) is 21.7. The summed E-state index contributed by atoms with van der Waals surface area (Å²) in [6, 6.07) is 11.7. The highest BCUT2D eigenvalue weighted by molar-refractivity contribution is 6.00. The molecule has 0 saturated carbocycles. The minimum atomic E-state index is -0.581. The zero-order chi connectivity index (χ0) is 26.2. The second kappa shape index (κ2) is 9.62. The van der Waals surface area contributed by atoms with Crippen LogP contribution in [0.2, 0.25) is 0 Å². The Hall–Kier alpha value is -3.92. The molecule has 0 fully saturated rings. The molecule has 2 N–H and O–H groups in total. The van der Waals surface area contributed by atoms with Gasteiger partial charge in [0.2, 0.25) is 11.6 Å². The molecule has 1 aliphatic carbocycles. The summed E-state index contributed by atoms with van der Waals surface area (Å²) in [5.41, 5.74) is 10.5. The maximum atomic E-state index is 13.3. The number of allylic oxidation sites excluding steroid dienone is 3. The van der Waals surface area contributed by atoms with Crippen molar-refractivity contribution in [2.24, 2.45) is 11.1 Å². The van der Waals surface area contributed by atoms with E-state index in [1.807, 2.05) is 58.0 Å². The highest BCUT2D eigenvalue weighted by atomic mass is 16.5. The molecule has 0 saturated heterocycles. The summed E-state index contributed by atoms with van der Waals surface area (Å²) in [5.74, 6) is 1.67. The van der Waals surface area contributed by atoms with Crippen molar-refractivity contribution in [1.29, 1.82) is 5.26 Å². The summed E-state index contributed by atoms with van der Waals surface area (Å²) in [5, 5.41) is 10.0. The summed E-state index contributed by atoms with van der Waals surface area (Å²) in [7, 11) is 3.16. The van der Waals surface area contributed by atoms with Crippen LogP contribution < -0.4 is 19.9 Å². The van der Waals surface area contributed by atoms with Crippen molar-refractivity contribution in [3.05, 3.63) is 75.4 Å². The van der Waals surface area contributed by atoms with Crippen molar-refractivity contribution in [3.63, 3.8) is 0 Å². The number of ether oxygens (including phenoxy) is 4. The van der Waals surface area contributed by atoms with Gasteiger partial charge in [0.25, 0.3) is 0 Å². The second-order valence-electron chi connectivity index (χ2n) is 10.1. The van der Waals surface area contributed by atoms with Crippen LogP contribution in [0.4, 0.5) is 0 Å². The Morgan fingerprint density at radius 2 is 1.78 bits per heavy atom. The Labute approximate surface area is 212 Å². The van der Waals surface area contributed by atoms with E-state index in [0.717, 1.165) is 22.3 Å². The number of aryl methyl sites for hydroxylation is 2. The van der Waals surface area contributed by atoms with Gasteiger partial charge in [-0.05, 0) is 53.6 Å². The molecule has 0 radical (unpaired) electrons. The second-order valence-corrected chi connectivity index (χ2v) is 10.1. The lowest BCUT2D eigenvalue weighted by Crippen LogP contribution is -2.33. The number of carbonyl (C=O) groups excluding carboxylic acids is 1. The smallest absolute Gasteiger partial charge is 0.205 e. The zero-order valence-electron chi connectivity index (χ0n) is 21.7. The van der Waals surface area contributed by atoms with E-state index in [2.05, 4.69) is 6.07 Å². The van der Waals surface area contributed by atoms with Crippen LogP contribution in [0.1, 0.15) is 54.9 Å². The molecule has 7 heteroatoms. The summed E-state index contributed by atoms with van der Waals surface area (Å²) >= 11 is 0. The third-order valence-corrected chi connectivity index (χ3v) is 6.87. The number of carbonyl (C=O) groups is 1. The first-order valence-corrected chi connectivity index (χ1v) is 11.9. The fourth-order valence-corrected chi connectivity index (χ4v) is 5.09. The van der Waals surface area contributed by atoms with Crippen LogP contribution in [0.25, 0.3) is 0 Å². The first-order valence-electron chi connectivity index (χ1n) is 11.9. The van der Waals surface area contributed by atoms with Crippen molar-refractivity contribution in [1.82, 2.24) is 0 Å². The van der Waals surface area contributed by atoms with E-state index in [1.54, 1.807) is 14.2 Å². The van der Waals surface area contributed by atoms with Crippen LogP contribution in [-0.4, -0.2) is 20.0 Å². The standard InChI is InChI=1S/C29H32N2O5/c1-16-10-17(2)19(11-18(16)15-35-27-22(33-5)8-7-9-23(27)34-6)25-20(14-30)28(31)36-24-13-29(3,4)12-21(32)26(24)25/h7-11,25H,12-13,15,31H2,1-6H3/t25-/m0/s1. The molecule has 1 atom stereocenters. The third-order valence-electron chi connectivity index (χ3n) is 6.87. The van der Waals surface area contributed by atoms with E-state index in [-0.39, 0.29) is 29.3 Å². The van der Waals surface area contributed by atoms with E-state index in [4.69, 9.17) is 24.7 Å². The Morgan fingerprint density at radius 1 is 1.11 bits per heavy atom. The SMILES string of the molecule is COc1cccc(OC)c1OCc1cc([C@H]2C(C#N)=C(N)OC3=C2C(=O)CC(C)(C)C3)c(C)cc1C. The number of rotatable bonds is 6. The molecule has 7 nitrogen and oxygen atoms in total. The van der Waals surface area contributed by atoms with Crippen LogP contribution in [0.15, 0.2) is 53.1 Å². The topological polar surface area (TPSA) is 104 Å². The number of hydrogen-bond donors (Lipinski definition) is 1. The van der Waals surface area contributed by atoms with Crippen molar-refractivity contribution in [2.75, 3.05) is 14.2 Å².